The number of nitro groups is 1. The minimum absolute atomic E-state index is 0.0353. The molecular weight excluding hydrogens is 346 g/mol. The van der Waals surface area contributed by atoms with Gasteiger partial charge in [0.05, 0.1) is 11.1 Å². The molecule has 8 heteroatoms. The van der Waals surface area contributed by atoms with E-state index in [1.54, 1.807) is 6.07 Å². The van der Waals surface area contributed by atoms with Gasteiger partial charge in [-0.05, 0) is 37.1 Å². The van der Waals surface area contributed by atoms with E-state index in [9.17, 15) is 14.9 Å². The summed E-state index contributed by atoms with van der Waals surface area (Å²) < 4.78 is 5.46. The van der Waals surface area contributed by atoms with Crippen molar-refractivity contribution in [1.29, 1.82) is 0 Å². The van der Waals surface area contributed by atoms with Crippen molar-refractivity contribution in [3.05, 3.63) is 68.2 Å². The Balaban J connectivity index is 1.91. The first-order valence-corrected chi connectivity index (χ1v) is 7.70. The number of nitrogens with one attached hydrogen (secondary N) is 1. The molecule has 0 bridgehead atoms. The summed E-state index contributed by atoms with van der Waals surface area (Å²) in [7, 11) is 0. The molecule has 0 aliphatic carbocycles. The molecule has 0 spiro atoms. The topological polar surface area (TPSA) is 93.8 Å². The van der Waals surface area contributed by atoms with Crippen LogP contribution in [0.25, 0.3) is 0 Å². The Hall–Kier alpha value is -2.93. The Morgan fingerprint density at radius 2 is 2.08 bits per heavy atom. The molecule has 0 unspecified atom stereocenters. The number of aryl methyl sites for hydroxylation is 2. The summed E-state index contributed by atoms with van der Waals surface area (Å²) in [4.78, 5) is 22.0. The maximum Gasteiger partial charge on any atom is 0.288 e. The van der Waals surface area contributed by atoms with Gasteiger partial charge in [0.25, 0.3) is 11.6 Å². The number of carbonyl (C=O) groups excluding carboxylic acids is 1. The first-order chi connectivity index (χ1) is 11.9. The minimum Gasteiger partial charge on any atom is -0.483 e. The predicted octanol–water partition coefficient (Wildman–Crippen LogP) is 3.39. The number of benzene rings is 2. The van der Waals surface area contributed by atoms with Gasteiger partial charge in [-0.15, -0.1) is 0 Å². The highest BCUT2D eigenvalue weighted by Crippen LogP contribution is 2.24. The fourth-order valence-corrected chi connectivity index (χ4v) is 2.15. The summed E-state index contributed by atoms with van der Waals surface area (Å²) in [6, 6.07) is 9.93. The maximum absolute atomic E-state index is 11.8. The van der Waals surface area contributed by atoms with Gasteiger partial charge < -0.3 is 4.74 Å². The number of carbonyl (C=O) groups is 1. The Morgan fingerprint density at radius 3 is 2.80 bits per heavy atom. The van der Waals surface area contributed by atoms with Crippen LogP contribution in [0.1, 0.15) is 16.7 Å². The molecule has 25 heavy (non-hydrogen) atoms. The van der Waals surface area contributed by atoms with Crippen LogP contribution in [0.4, 0.5) is 5.69 Å². The highest BCUT2D eigenvalue weighted by atomic mass is 35.5. The van der Waals surface area contributed by atoms with Gasteiger partial charge in [-0.1, -0.05) is 29.8 Å². The summed E-state index contributed by atoms with van der Waals surface area (Å²) in [5.74, 6) is 0.188. The van der Waals surface area contributed by atoms with E-state index in [0.717, 1.165) is 11.1 Å². The van der Waals surface area contributed by atoms with E-state index in [0.29, 0.717) is 11.3 Å². The van der Waals surface area contributed by atoms with Crippen LogP contribution in [-0.4, -0.2) is 23.7 Å². The monoisotopic (exact) mass is 361 g/mol. The van der Waals surface area contributed by atoms with Crippen LogP contribution in [-0.2, 0) is 4.79 Å². The third kappa shape index (κ3) is 5.29. The number of halogens is 1. The first kappa shape index (κ1) is 18.4. The number of nitro benzene ring substituents is 1. The number of hydrogen-bond donors (Lipinski definition) is 1. The quantitative estimate of drug-likeness (QED) is 0.484. The number of ether oxygens (including phenoxy) is 1. The van der Waals surface area contributed by atoms with E-state index in [1.165, 1.54) is 18.3 Å². The van der Waals surface area contributed by atoms with Crippen LogP contribution in [0.3, 0.4) is 0 Å². The highest BCUT2D eigenvalue weighted by molar-refractivity contribution is 6.32. The van der Waals surface area contributed by atoms with Gasteiger partial charge in [-0.2, -0.15) is 5.10 Å². The summed E-state index contributed by atoms with van der Waals surface area (Å²) in [6.45, 7) is 3.63. The molecule has 7 nitrogen and oxygen atoms in total. The van der Waals surface area contributed by atoms with Crippen LogP contribution < -0.4 is 10.2 Å². The van der Waals surface area contributed by atoms with Gasteiger partial charge >= 0.3 is 0 Å². The molecule has 0 saturated carbocycles. The lowest BCUT2D eigenvalue weighted by Crippen LogP contribution is -2.24. The summed E-state index contributed by atoms with van der Waals surface area (Å²) in [5.41, 5.74) is 4.47. The Morgan fingerprint density at radius 1 is 1.32 bits per heavy atom. The molecule has 0 aromatic heterocycles. The molecule has 0 fully saturated rings. The zero-order valence-electron chi connectivity index (χ0n) is 13.7. The van der Waals surface area contributed by atoms with Gasteiger partial charge in [0, 0.05) is 11.6 Å². The maximum atomic E-state index is 11.8. The molecule has 1 N–H and O–H groups in total. The van der Waals surface area contributed by atoms with Crippen molar-refractivity contribution < 1.29 is 14.5 Å². The van der Waals surface area contributed by atoms with E-state index < -0.39 is 10.8 Å². The minimum atomic E-state index is -0.587. The fraction of sp³-hybridized carbons (Fsp3) is 0.176. The molecule has 2 aromatic carbocycles. The molecule has 0 aliphatic heterocycles. The molecule has 0 aliphatic rings. The number of hydrazone groups is 1. The molecule has 130 valence electrons. The average molecular weight is 362 g/mol. The lowest BCUT2D eigenvalue weighted by atomic mass is 10.1. The molecule has 0 atom stereocenters. The predicted molar refractivity (Wildman–Crippen MR) is 95.3 cm³/mol. The van der Waals surface area contributed by atoms with Crippen molar-refractivity contribution >= 4 is 29.4 Å². The molecule has 1 amide bonds. The first-order valence-electron chi connectivity index (χ1n) is 7.32. The van der Waals surface area contributed by atoms with Crippen LogP contribution in [0.2, 0.25) is 5.02 Å². The lowest BCUT2D eigenvalue weighted by Gasteiger charge is -2.08. The van der Waals surface area contributed by atoms with Gasteiger partial charge in [-0.3, -0.25) is 14.9 Å². The second-order valence-corrected chi connectivity index (χ2v) is 5.73. The van der Waals surface area contributed by atoms with E-state index in [4.69, 9.17) is 16.3 Å². The molecule has 2 aromatic rings. The van der Waals surface area contributed by atoms with Crippen LogP contribution >= 0.6 is 11.6 Å². The fourth-order valence-electron chi connectivity index (χ4n) is 1.97. The normalized spacial score (nSPS) is 10.7. The summed E-state index contributed by atoms with van der Waals surface area (Å²) in [5, 5.41) is 14.6. The molecule has 0 heterocycles. The van der Waals surface area contributed by atoms with Crippen molar-refractivity contribution in [2.75, 3.05) is 6.61 Å². The number of nitrogens with zero attached hydrogens (tertiary/aromatic N) is 2. The zero-order valence-corrected chi connectivity index (χ0v) is 14.4. The van der Waals surface area contributed by atoms with E-state index in [-0.39, 0.29) is 17.3 Å². The number of hydrogen-bond acceptors (Lipinski definition) is 5. The Kier molecular flexibility index (Phi) is 6.08. The molecular formula is C17H16ClN3O4. The van der Waals surface area contributed by atoms with Gasteiger partial charge in [0.2, 0.25) is 0 Å². The molecule has 0 saturated heterocycles. The van der Waals surface area contributed by atoms with Gasteiger partial charge in [-0.25, -0.2) is 5.43 Å². The van der Waals surface area contributed by atoms with Crippen LogP contribution in [0.15, 0.2) is 41.5 Å². The van der Waals surface area contributed by atoms with Crippen molar-refractivity contribution in [1.82, 2.24) is 5.43 Å². The highest BCUT2D eigenvalue weighted by Gasteiger charge is 2.12. The largest absolute Gasteiger partial charge is 0.483 e. The summed E-state index contributed by atoms with van der Waals surface area (Å²) >= 11 is 5.73. The Labute approximate surface area is 149 Å². The van der Waals surface area contributed by atoms with E-state index in [1.807, 2.05) is 32.0 Å². The third-order valence-electron chi connectivity index (χ3n) is 3.27. The van der Waals surface area contributed by atoms with Crippen molar-refractivity contribution in [3.63, 3.8) is 0 Å². The molecule has 0 radical (unpaired) electrons. The lowest BCUT2D eigenvalue weighted by molar-refractivity contribution is -0.384. The average Bonchev–Trinajstić information content (AvgIpc) is 2.57. The van der Waals surface area contributed by atoms with E-state index in [2.05, 4.69) is 10.5 Å². The van der Waals surface area contributed by atoms with Crippen LogP contribution in [0.5, 0.6) is 5.75 Å². The second-order valence-electron chi connectivity index (χ2n) is 5.32. The third-order valence-corrected chi connectivity index (χ3v) is 3.59. The van der Waals surface area contributed by atoms with Crippen LogP contribution in [0, 0.1) is 24.0 Å². The van der Waals surface area contributed by atoms with Gasteiger partial charge in [0.1, 0.15) is 10.8 Å². The van der Waals surface area contributed by atoms with Crippen molar-refractivity contribution in [3.8, 4) is 5.75 Å². The summed E-state index contributed by atoms with van der Waals surface area (Å²) in [6.07, 6.45) is 1.29. The van der Waals surface area contributed by atoms with Gasteiger partial charge in [0.15, 0.2) is 6.61 Å². The smallest absolute Gasteiger partial charge is 0.288 e. The second kappa shape index (κ2) is 8.25. The van der Waals surface area contributed by atoms with Crippen molar-refractivity contribution in [2.24, 2.45) is 5.10 Å². The zero-order chi connectivity index (χ0) is 18.4. The van der Waals surface area contributed by atoms with Crippen molar-refractivity contribution in [2.45, 2.75) is 13.8 Å². The molecule has 2 rings (SSSR count). The van der Waals surface area contributed by atoms with E-state index >= 15 is 0 Å². The number of amides is 1. The number of rotatable bonds is 6. The Bertz CT molecular complexity index is 837. The SMILES string of the molecule is Cc1ccc(C)c(OCC(=O)N/N=C\c2ccc(Cl)c([N+](=O)[O-])c2)c1. The standard InChI is InChI=1S/C17H16ClN3O4/c1-11-3-4-12(2)16(7-11)25-10-17(22)20-19-9-13-5-6-14(18)15(8-13)21(23)24/h3-9H,10H2,1-2H3,(H,20,22)/b19-9-.